The van der Waals surface area contributed by atoms with Crippen molar-refractivity contribution in [2.24, 2.45) is 0 Å². The third-order valence-electron chi connectivity index (χ3n) is 6.58. The smallest absolute Gasteiger partial charge is 0.259 e. The minimum absolute atomic E-state index is 0.0448. The predicted molar refractivity (Wildman–Crippen MR) is 124 cm³/mol. The molecule has 2 heterocycles. The van der Waals surface area contributed by atoms with E-state index in [0.717, 1.165) is 53.5 Å². The van der Waals surface area contributed by atoms with Crippen molar-refractivity contribution in [2.45, 2.75) is 32.1 Å². The van der Waals surface area contributed by atoms with Gasteiger partial charge in [0, 0.05) is 43.7 Å². The second kappa shape index (κ2) is 8.54. The van der Waals surface area contributed by atoms with Gasteiger partial charge in [-0.15, -0.1) is 0 Å². The number of phenols is 1. The van der Waals surface area contributed by atoms with Gasteiger partial charge >= 0.3 is 0 Å². The lowest BCUT2D eigenvalue weighted by Gasteiger charge is -2.37. The van der Waals surface area contributed by atoms with Crippen molar-refractivity contribution in [3.63, 3.8) is 0 Å². The van der Waals surface area contributed by atoms with Gasteiger partial charge in [-0.3, -0.25) is 9.69 Å². The highest BCUT2D eigenvalue weighted by Crippen LogP contribution is 2.36. The Morgan fingerprint density at radius 3 is 2.50 bits per heavy atom. The van der Waals surface area contributed by atoms with Gasteiger partial charge < -0.3 is 19.9 Å². The molecule has 0 aromatic heterocycles. The fourth-order valence-electron chi connectivity index (χ4n) is 4.71. The van der Waals surface area contributed by atoms with Gasteiger partial charge in [0.25, 0.3) is 5.91 Å². The molecule has 0 bridgehead atoms. The van der Waals surface area contributed by atoms with Crippen LogP contribution < -0.4 is 5.32 Å². The number of aryl methyl sites for hydroxylation is 1. The van der Waals surface area contributed by atoms with Crippen molar-refractivity contribution in [1.29, 1.82) is 0 Å². The molecule has 0 saturated carbocycles. The first kappa shape index (κ1) is 20.9. The third kappa shape index (κ3) is 3.97. The van der Waals surface area contributed by atoms with Gasteiger partial charge in [-0.2, -0.15) is 0 Å². The molecule has 1 amide bonds. The highest BCUT2D eigenvalue weighted by Gasteiger charge is 2.39. The van der Waals surface area contributed by atoms with Gasteiger partial charge in [0.2, 0.25) is 0 Å². The number of ether oxygens (including phenoxy) is 2. The number of phenolic OH excluding ortho intramolecular Hbond substituents is 1. The SMILES string of the molecule is Cc1ccccc1NC(=O)c1cc2ccccc2c(CN2CCC3(CC2)OCCO3)c1O. The Kier molecular flexibility index (Phi) is 5.59. The van der Waals surface area contributed by atoms with E-state index < -0.39 is 5.79 Å². The van der Waals surface area contributed by atoms with Crippen LogP contribution in [-0.2, 0) is 16.0 Å². The second-order valence-corrected chi connectivity index (χ2v) is 8.63. The van der Waals surface area contributed by atoms with Gasteiger partial charge in [0.05, 0.1) is 18.8 Å². The highest BCUT2D eigenvalue weighted by atomic mass is 16.7. The quantitative estimate of drug-likeness (QED) is 0.638. The summed E-state index contributed by atoms with van der Waals surface area (Å²) in [6.45, 7) is 5.45. The number of carbonyl (C=O) groups is 1. The van der Waals surface area contributed by atoms with Crippen molar-refractivity contribution < 1.29 is 19.4 Å². The van der Waals surface area contributed by atoms with Gasteiger partial charge in [0.1, 0.15) is 5.75 Å². The topological polar surface area (TPSA) is 71.0 Å². The summed E-state index contributed by atoms with van der Waals surface area (Å²) in [6, 6.07) is 17.3. The number of nitrogens with one attached hydrogen (secondary N) is 1. The summed E-state index contributed by atoms with van der Waals surface area (Å²) in [6.07, 6.45) is 1.61. The van der Waals surface area contributed by atoms with E-state index in [2.05, 4.69) is 10.2 Å². The lowest BCUT2D eigenvalue weighted by Crippen LogP contribution is -2.44. The normalized spacial score (nSPS) is 18.3. The van der Waals surface area contributed by atoms with Gasteiger partial charge in [-0.25, -0.2) is 0 Å². The summed E-state index contributed by atoms with van der Waals surface area (Å²) in [5, 5.41) is 16.1. The number of aromatic hydroxyl groups is 1. The number of fused-ring (bicyclic) bond motifs is 1. The molecule has 6 heteroatoms. The Hall–Kier alpha value is -2.93. The van der Waals surface area contributed by atoms with E-state index in [9.17, 15) is 9.90 Å². The van der Waals surface area contributed by atoms with Crippen molar-refractivity contribution in [1.82, 2.24) is 4.90 Å². The molecule has 5 rings (SSSR count). The molecule has 2 fully saturated rings. The van der Waals surface area contributed by atoms with Crippen LogP contribution in [0.5, 0.6) is 5.75 Å². The fourth-order valence-corrected chi connectivity index (χ4v) is 4.71. The summed E-state index contributed by atoms with van der Waals surface area (Å²) < 4.78 is 11.7. The van der Waals surface area contributed by atoms with Crippen LogP contribution in [0.3, 0.4) is 0 Å². The average Bonchev–Trinajstić information content (AvgIpc) is 3.26. The average molecular weight is 433 g/mol. The van der Waals surface area contributed by atoms with Crippen LogP contribution in [0, 0.1) is 6.92 Å². The first-order valence-corrected chi connectivity index (χ1v) is 11.2. The summed E-state index contributed by atoms with van der Waals surface area (Å²) in [4.78, 5) is 15.4. The van der Waals surface area contributed by atoms with Crippen LogP contribution in [0.15, 0.2) is 54.6 Å². The standard InChI is InChI=1S/C26H28N2O4/c1-18-6-2-5-9-23(18)27-25(30)21-16-19-7-3-4-8-20(19)22(24(21)29)17-28-12-10-26(11-13-28)31-14-15-32-26/h2-9,16,29H,10-15,17H2,1H3,(H,27,30). The number of rotatable bonds is 4. The summed E-state index contributed by atoms with van der Waals surface area (Å²) in [5.74, 6) is -0.701. The van der Waals surface area contributed by atoms with Crippen molar-refractivity contribution in [2.75, 3.05) is 31.6 Å². The Bertz CT molecular complexity index is 1140. The molecular weight excluding hydrogens is 404 g/mol. The van der Waals surface area contributed by atoms with Crippen LogP contribution in [-0.4, -0.2) is 48.0 Å². The summed E-state index contributed by atoms with van der Waals surface area (Å²) >= 11 is 0. The number of hydrogen-bond donors (Lipinski definition) is 2. The fraction of sp³-hybridized carbons (Fsp3) is 0.346. The monoisotopic (exact) mass is 432 g/mol. The van der Waals surface area contributed by atoms with Crippen molar-refractivity contribution in [3.05, 3.63) is 71.3 Å². The molecule has 32 heavy (non-hydrogen) atoms. The Labute approximate surface area is 187 Å². The number of anilines is 1. The first-order chi connectivity index (χ1) is 15.5. The number of benzene rings is 3. The number of hydrogen-bond acceptors (Lipinski definition) is 5. The molecule has 2 aliphatic heterocycles. The zero-order chi connectivity index (χ0) is 22.1. The molecule has 3 aromatic carbocycles. The van der Waals surface area contributed by atoms with E-state index in [1.54, 1.807) is 6.07 Å². The molecule has 3 aromatic rings. The molecule has 6 nitrogen and oxygen atoms in total. The second-order valence-electron chi connectivity index (χ2n) is 8.63. The van der Waals surface area contributed by atoms with Crippen molar-refractivity contribution >= 4 is 22.4 Å². The van der Waals surface area contributed by atoms with Crippen molar-refractivity contribution in [3.8, 4) is 5.75 Å². The number of carbonyl (C=O) groups excluding carboxylic acids is 1. The third-order valence-corrected chi connectivity index (χ3v) is 6.58. The number of piperidine rings is 1. The molecule has 1 spiro atoms. The van der Waals surface area contributed by atoms with Crippen LogP contribution in [0.4, 0.5) is 5.69 Å². The number of nitrogens with zero attached hydrogens (tertiary/aromatic N) is 1. The summed E-state index contributed by atoms with van der Waals surface area (Å²) in [7, 11) is 0. The first-order valence-electron chi connectivity index (χ1n) is 11.2. The maximum absolute atomic E-state index is 13.1. The Morgan fingerprint density at radius 1 is 1.06 bits per heavy atom. The van der Waals surface area contributed by atoms with Crippen LogP contribution >= 0.6 is 0 Å². The van der Waals surface area contributed by atoms with Gasteiger partial charge in [-0.1, -0.05) is 42.5 Å². The van der Waals surface area contributed by atoms with E-state index in [0.29, 0.717) is 19.8 Å². The zero-order valence-corrected chi connectivity index (χ0v) is 18.3. The Morgan fingerprint density at radius 2 is 1.75 bits per heavy atom. The number of likely N-dealkylation sites (tertiary alicyclic amines) is 1. The molecule has 0 atom stereocenters. The largest absolute Gasteiger partial charge is 0.507 e. The van der Waals surface area contributed by atoms with Crippen LogP contribution in [0.2, 0.25) is 0 Å². The zero-order valence-electron chi connectivity index (χ0n) is 18.3. The highest BCUT2D eigenvalue weighted by molar-refractivity contribution is 6.09. The molecule has 2 aliphatic rings. The number of amides is 1. The maximum Gasteiger partial charge on any atom is 0.259 e. The van der Waals surface area contributed by atoms with Gasteiger partial charge in [0.15, 0.2) is 5.79 Å². The lowest BCUT2D eigenvalue weighted by atomic mass is 9.96. The molecule has 0 radical (unpaired) electrons. The van der Waals surface area contributed by atoms with E-state index in [1.165, 1.54) is 0 Å². The maximum atomic E-state index is 13.1. The molecule has 0 unspecified atom stereocenters. The molecule has 0 aliphatic carbocycles. The van der Waals surface area contributed by atoms with E-state index in [4.69, 9.17) is 9.47 Å². The molecular formula is C26H28N2O4. The lowest BCUT2D eigenvalue weighted by molar-refractivity contribution is -0.185. The van der Waals surface area contributed by atoms with E-state index >= 15 is 0 Å². The minimum atomic E-state index is -0.435. The molecule has 2 saturated heterocycles. The van der Waals surface area contributed by atoms with Gasteiger partial charge in [-0.05, 0) is 35.4 Å². The van der Waals surface area contributed by atoms with Crippen LogP contribution in [0.25, 0.3) is 10.8 Å². The van der Waals surface area contributed by atoms with Crippen LogP contribution in [0.1, 0.15) is 34.3 Å². The summed E-state index contributed by atoms with van der Waals surface area (Å²) in [5.41, 5.74) is 2.78. The van der Waals surface area contributed by atoms with E-state index in [1.807, 2.05) is 55.5 Å². The molecule has 2 N–H and O–H groups in total. The minimum Gasteiger partial charge on any atom is -0.507 e. The predicted octanol–water partition coefficient (Wildman–Crippen LogP) is 4.45. The molecule has 166 valence electrons. The Balaban J connectivity index is 1.44. The number of para-hydroxylation sites is 1. The van der Waals surface area contributed by atoms with E-state index in [-0.39, 0.29) is 17.2 Å².